The number of carbonyl (C=O) groups is 2. The normalized spacial score (nSPS) is 16.1. The highest BCUT2D eigenvalue weighted by Gasteiger charge is 2.41. The number of halogens is 6. The number of hydrogen-bond acceptors (Lipinski definition) is 7. The molecule has 10 nitrogen and oxygen atoms in total. The van der Waals surface area contributed by atoms with E-state index in [1.54, 1.807) is 23.2 Å². The summed E-state index contributed by atoms with van der Waals surface area (Å²) in [5.74, 6) is -0.0878. The van der Waals surface area contributed by atoms with Crippen LogP contribution in [0.15, 0.2) is 36.7 Å². The Bertz CT molecular complexity index is 1830. The van der Waals surface area contributed by atoms with Gasteiger partial charge >= 0.3 is 18.3 Å². The fourth-order valence-electron chi connectivity index (χ4n) is 6.52. The van der Waals surface area contributed by atoms with Gasteiger partial charge in [-0.25, -0.2) is 24.1 Å². The molecule has 4 aromatic rings. The molecule has 260 valence electrons. The molecule has 0 saturated carbocycles. The molecule has 49 heavy (non-hydrogen) atoms. The van der Waals surface area contributed by atoms with Crippen molar-refractivity contribution in [1.82, 2.24) is 34.4 Å². The number of alkyl halides is 6. The Morgan fingerprint density at radius 3 is 1.88 bits per heavy atom. The van der Waals surface area contributed by atoms with Crippen LogP contribution in [0.1, 0.15) is 88.5 Å². The summed E-state index contributed by atoms with van der Waals surface area (Å²) in [6.07, 6.45) is 0.482. The maximum atomic E-state index is 13.3. The lowest BCUT2D eigenvalue weighted by molar-refractivity contribution is -0.142. The van der Waals surface area contributed by atoms with Gasteiger partial charge in [0.2, 0.25) is 5.91 Å². The molecule has 7 rings (SSSR count). The van der Waals surface area contributed by atoms with E-state index in [0.717, 1.165) is 44.2 Å². The highest BCUT2D eigenvalue weighted by atomic mass is 19.4. The van der Waals surface area contributed by atoms with E-state index < -0.39 is 29.7 Å². The molecule has 16 heteroatoms. The van der Waals surface area contributed by atoms with Crippen molar-refractivity contribution >= 4 is 11.9 Å². The van der Waals surface area contributed by atoms with Gasteiger partial charge in [0.1, 0.15) is 5.69 Å². The average molecular weight is 690 g/mol. The van der Waals surface area contributed by atoms with E-state index in [2.05, 4.69) is 24.9 Å². The summed E-state index contributed by atoms with van der Waals surface area (Å²) >= 11 is 0. The van der Waals surface area contributed by atoms with Crippen LogP contribution in [0, 0.1) is 0 Å². The van der Waals surface area contributed by atoms with Crippen molar-refractivity contribution in [3.63, 3.8) is 0 Å². The number of rotatable bonds is 5. The van der Waals surface area contributed by atoms with Gasteiger partial charge in [-0.1, -0.05) is 6.07 Å². The Hall–Kier alpha value is -4.76. The van der Waals surface area contributed by atoms with Gasteiger partial charge in [0.25, 0.3) is 0 Å². The molecular weight excluding hydrogens is 656 g/mol. The van der Waals surface area contributed by atoms with Gasteiger partial charge in [0.05, 0.1) is 19.0 Å². The number of hydrogen-bond donors (Lipinski definition) is 0. The molecule has 1 aliphatic heterocycles. The van der Waals surface area contributed by atoms with E-state index in [1.165, 1.54) is 34.8 Å². The first-order valence-electron chi connectivity index (χ1n) is 16.0. The number of aromatic nitrogens is 6. The summed E-state index contributed by atoms with van der Waals surface area (Å²) in [7, 11) is 1.23. The van der Waals surface area contributed by atoms with Crippen molar-refractivity contribution in [2.45, 2.75) is 83.1 Å². The standard InChI is InChI=1S/C18H19F3N4O.C15H14F3N3O2/c19-18(20,21)17-13-4-1-2-5-14(13)25(23-17)15-8-7-12(10-22-15)11-24-9-3-6-16(24)26;1-23-14(22)11-7-6-9(8-19-11)21-12-5-3-2-4-10(12)13(20-21)15(16,17)18/h7-8,10H,1-6,9,11H2;6-8H,2-5H2,1H3. The average Bonchev–Trinajstić information content (AvgIpc) is 3.80. The third-order valence-electron chi connectivity index (χ3n) is 8.86. The summed E-state index contributed by atoms with van der Waals surface area (Å²) in [6.45, 7) is 1.22. The van der Waals surface area contributed by atoms with Crippen LogP contribution in [-0.2, 0) is 54.1 Å². The van der Waals surface area contributed by atoms with Crippen LogP contribution in [0.3, 0.4) is 0 Å². The van der Waals surface area contributed by atoms with Gasteiger partial charge < -0.3 is 9.64 Å². The van der Waals surface area contributed by atoms with Crippen LogP contribution < -0.4 is 0 Å². The second kappa shape index (κ2) is 13.6. The van der Waals surface area contributed by atoms with Crippen LogP contribution in [0.2, 0.25) is 0 Å². The minimum Gasteiger partial charge on any atom is -0.464 e. The van der Waals surface area contributed by atoms with Crippen LogP contribution in [0.25, 0.3) is 11.5 Å². The first-order valence-corrected chi connectivity index (χ1v) is 16.0. The van der Waals surface area contributed by atoms with Crippen LogP contribution in [-0.4, -0.2) is 60.0 Å². The lowest BCUT2D eigenvalue weighted by atomic mass is 9.95. The van der Waals surface area contributed by atoms with Gasteiger partial charge in [0.15, 0.2) is 17.2 Å². The fourth-order valence-corrected chi connectivity index (χ4v) is 6.52. The zero-order chi connectivity index (χ0) is 34.9. The first kappa shape index (κ1) is 34.1. The Morgan fingerprint density at radius 2 is 1.37 bits per heavy atom. The maximum Gasteiger partial charge on any atom is 0.435 e. The van der Waals surface area contributed by atoms with Crippen molar-refractivity contribution in [3.05, 3.63) is 81.8 Å². The first-order chi connectivity index (χ1) is 23.3. The summed E-state index contributed by atoms with van der Waals surface area (Å²) < 4.78 is 86.6. The van der Waals surface area contributed by atoms with Gasteiger partial charge in [0, 0.05) is 48.2 Å². The Kier molecular flexibility index (Phi) is 9.49. The van der Waals surface area contributed by atoms with Crippen molar-refractivity contribution in [2.75, 3.05) is 13.7 Å². The van der Waals surface area contributed by atoms with E-state index in [0.29, 0.717) is 67.1 Å². The van der Waals surface area contributed by atoms with Crippen LogP contribution in [0.5, 0.6) is 0 Å². The molecule has 1 saturated heterocycles. The smallest absolute Gasteiger partial charge is 0.435 e. The monoisotopic (exact) mass is 689 g/mol. The minimum atomic E-state index is -4.48. The molecule has 0 atom stereocenters. The molecule has 0 N–H and O–H groups in total. The molecule has 0 spiro atoms. The maximum absolute atomic E-state index is 13.3. The van der Waals surface area contributed by atoms with Crippen LogP contribution in [0.4, 0.5) is 26.3 Å². The Morgan fingerprint density at radius 1 is 0.755 bits per heavy atom. The molecule has 0 bridgehead atoms. The summed E-state index contributed by atoms with van der Waals surface area (Å²) in [6, 6.07) is 6.41. The van der Waals surface area contributed by atoms with E-state index in [-0.39, 0.29) is 17.2 Å². The predicted octanol–water partition coefficient (Wildman–Crippen LogP) is 6.24. The molecule has 5 heterocycles. The molecule has 4 aromatic heterocycles. The second-order valence-electron chi connectivity index (χ2n) is 12.1. The molecule has 0 aromatic carbocycles. The van der Waals surface area contributed by atoms with E-state index in [1.807, 2.05) is 0 Å². The number of methoxy groups -OCH3 is 1. The number of ether oxygens (including phenoxy) is 1. The van der Waals surface area contributed by atoms with Crippen molar-refractivity contribution in [3.8, 4) is 11.5 Å². The zero-order valence-electron chi connectivity index (χ0n) is 26.6. The van der Waals surface area contributed by atoms with E-state index >= 15 is 0 Å². The molecule has 1 amide bonds. The van der Waals surface area contributed by atoms with Gasteiger partial charge in [-0.2, -0.15) is 36.5 Å². The summed E-state index contributed by atoms with van der Waals surface area (Å²) in [5, 5.41) is 7.61. The predicted molar refractivity (Wildman–Crippen MR) is 162 cm³/mol. The molecule has 1 fully saturated rings. The third kappa shape index (κ3) is 7.17. The van der Waals surface area contributed by atoms with Gasteiger partial charge in [-0.3, -0.25) is 4.79 Å². The number of amides is 1. The molecule has 0 radical (unpaired) electrons. The number of pyridine rings is 2. The van der Waals surface area contributed by atoms with Crippen molar-refractivity contribution in [2.24, 2.45) is 0 Å². The summed E-state index contributed by atoms with van der Waals surface area (Å²) in [4.78, 5) is 33.1. The van der Waals surface area contributed by atoms with E-state index in [9.17, 15) is 35.9 Å². The third-order valence-corrected chi connectivity index (χ3v) is 8.86. The number of fused-ring (bicyclic) bond motifs is 2. The number of esters is 1. The fraction of sp³-hybridized carbons (Fsp3) is 0.455. The zero-order valence-corrected chi connectivity index (χ0v) is 26.6. The SMILES string of the molecule is COC(=O)c1ccc(-n2nc(C(F)(F)F)c3c2CCCC3)cn1.O=C1CCCN1Cc1ccc(-n2nc(C(F)(F)F)c3c2CCCC3)nc1. The molecule has 3 aliphatic rings. The lowest BCUT2D eigenvalue weighted by Crippen LogP contribution is -2.23. The number of likely N-dealkylation sites (tertiary alicyclic amines) is 1. The highest BCUT2D eigenvalue weighted by molar-refractivity contribution is 5.87. The summed E-state index contributed by atoms with van der Waals surface area (Å²) in [5.41, 5.74) is 1.47. The van der Waals surface area contributed by atoms with Crippen molar-refractivity contribution < 1.29 is 40.7 Å². The highest BCUT2D eigenvalue weighted by Crippen LogP contribution is 2.38. The van der Waals surface area contributed by atoms with Crippen LogP contribution >= 0.6 is 0 Å². The largest absolute Gasteiger partial charge is 0.464 e. The quantitative estimate of drug-likeness (QED) is 0.180. The van der Waals surface area contributed by atoms with E-state index in [4.69, 9.17) is 0 Å². The minimum absolute atomic E-state index is 0.0910. The lowest BCUT2D eigenvalue weighted by Gasteiger charge is -2.16. The van der Waals surface area contributed by atoms with Gasteiger partial charge in [-0.15, -0.1) is 0 Å². The van der Waals surface area contributed by atoms with Gasteiger partial charge in [-0.05, 0) is 81.5 Å². The topological polar surface area (TPSA) is 108 Å². The second-order valence-corrected chi connectivity index (χ2v) is 12.1. The number of carbonyl (C=O) groups excluding carboxylic acids is 2. The molecule has 0 unspecified atom stereocenters. The van der Waals surface area contributed by atoms with Crippen molar-refractivity contribution in [1.29, 1.82) is 0 Å². The number of nitrogens with zero attached hydrogens (tertiary/aromatic N) is 7. The Labute approximate surface area is 277 Å². The molecule has 2 aliphatic carbocycles. The Balaban J connectivity index is 0.000000171. The molecular formula is C33H33F6N7O3.